The van der Waals surface area contributed by atoms with Crippen LogP contribution >= 0.6 is 23.1 Å². The van der Waals surface area contributed by atoms with E-state index in [1.807, 2.05) is 5.38 Å². The fourth-order valence-corrected chi connectivity index (χ4v) is 2.37. The third-order valence-corrected chi connectivity index (χ3v) is 3.28. The highest BCUT2D eigenvalue weighted by Crippen LogP contribution is 2.28. The smallest absolute Gasteiger partial charge is 0.156 e. The Morgan fingerprint density at radius 1 is 1.43 bits per heavy atom. The van der Waals surface area contributed by atoms with Crippen molar-refractivity contribution < 1.29 is 0 Å². The Bertz CT molecular complexity index is 460. The SMILES string of the molecule is N#Cc1ccnnc1Sc1nccs1. The molecule has 0 atom stereocenters. The molecule has 0 aliphatic heterocycles. The molecule has 0 radical (unpaired) electrons. The molecular weight excluding hydrogens is 216 g/mol. The van der Waals surface area contributed by atoms with Crippen molar-refractivity contribution in [3.05, 3.63) is 29.4 Å². The van der Waals surface area contributed by atoms with Crippen LogP contribution in [0.3, 0.4) is 0 Å². The van der Waals surface area contributed by atoms with Crippen molar-refractivity contribution in [1.29, 1.82) is 5.26 Å². The van der Waals surface area contributed by atoms with Crippen LogP contribution in [0.25, 0.3) is 0 Å². The largest absolute Gasteiger partial charge is 0.238 e. The molecule has 0 aliphatic carbocycles. The third-order valence-electron chi connectivity index (χ3n) is 1.40. The van der Waals surface area contributed by atoms with Crippen molar-refractivity contribution in [3.63, 3.8) is 0 Å². The van der Waals surface area contributed by atoms with Crippen LogP contribution in [0.5, 0.6) is 0 Å². The van der Waals surface area contributed by atoms with Crippen LogP contribution in [-0.4, -0.2) is 15.2 Å². The van der Waals surface area contributed by atoms with E-state index in [1.165, 1.54) is 29.3 Å². The molecule has 14 heavy (non-hydrogen) atoms. The molecule has 2 rings (SSSR count). The highest BCUT2D eigenvalue weighted by Gasteiger charge is 2.06. The number of hydrogen-bond donors (Lipinski definition) is 0. The minimum atomic E-state index is 0.528. The molecule has 6 heteroatoms. The Hall–Kier alpha value is -1.45. The third kappa shape index (κ3) is 1.89. The van der Waals surface area contributed by atoms with Gasteiger partial charge in [-0.05, 0) is 17.8 Å². The fourth-order valence-electron chi connectivity index (χ4n) is 0.823. The van der Waals surface area contributed by atoms with Gasteiger partial charge in [-0.1, -0.05) is 0 Å². The zero-order valence-electron chi connectivity index (χ0n) is 6.91. The van der Waals surface area contributed by atoms with Crippen molar-refractivity contribution in [3.8, 4) is 6.07 Å². The van der Waals surface area contributed by atoms with E-state index in [9.17, 15) is 0 Å². The van der Waals surface area contributed by atoms with Gasteiger partial charge in [-0.3, -0.25) is 0 Å². The maximum Gasteiger partial charge on any atom is 0.156 e. The summed E-state index contributed by atoms with van der Waals surface area (Å²) < 4.78 is 0.863. The standard InChI is InChI=1S/C8H4N4S2/c9-5-6-1-2-11-12-7(6)14-8-10-3-4-13-8/h1-4H. The molecule has 0 unspecified atom stereocenters. The topological polar surface area (TPSA) is 62.5 Å². The molecule has 0 amide bonds. The van der Waals surface area contributed by atoms with E-state index in [0.717, 1.165) is 4.34 Å². The molecule has 0 saturated carbocycles. The molecule has 0 spiro atoms. The second kappa shape index (κ2) is 4.17. The molecular formula is C8H4N4S2. The lowest BCUT2D eigenvalue weighted by molar-refractivity contribution is 0.919. The van der Waals surface area contributed by atoms with E-state index in [0.29, 0.717) is 10.6 Å². The number of thiazole rings is 1. The number of nitriles is 1. The van der Waals surface area contributed by atoms with E-state index >= 15 is 0 Å². The first-order valence-electron chi connectivity index (χ1n) is 3.69. The molecule has 0 aliphatic rings. The number of rotatable bonds is 2. The van der Waals surface area contributed by atoms with Crippen LogP contribution in [0.15, 0.2) is 33.2 Å². The van der Waals surface area contributed by atoms with Crippen molar-refractivity contribution in [2.45, 2.75) is 9.37 Å². The van der Waals surface area contributed by atoms with E-state index in [1.54, 1.807) is 12.3 Å². The maximum absolute atomic E-state index is 8.80. The molecule has 0 N–H and O–H groups in total. The molecule has 2 heterocycles. The molecule has 0 fully saturated rings. The predicted molar refractivity (Wildman–Crippen MR) is 53.0 cm³/mol. The lowest BCUT2D eigenvalue weighted by Gasteiger charge is -1.96. The van der Waals surface area contributed by atoms with E-state index in [4.69, 9.17) is 5.26 Å². The molecule has 0 saturated heterocycles. The van der Waals surface area contributed by atoms with Crippen molar-refractivity contribution in [2.75, 3.05) is 0 Å². The Morgan fingerprint density at radius 2 is 2.36 bits per heavy atom. The van der Waals surface area contributed by atoms with Crippen LogP contribution in [0.4, 0.5) is 0 Å². The molecule has 0 bridgehead atoms. The van der Waals surface area contributed by atoms with Gasteiger partial charge >= 0.3 is 0 Å². The lowest BCUT2D eigenvalue weighted by atomic mass is 10.3. The van der Waals surface area contributed by atoms with Crippen LogP contribution in [0, 0.1) is 11.3 Å². The average Bonchev–Trinajstić information content (AvgIpc) is 2.71. The first kappa shape index (κ1) is 9.12. The van der Waals surface area contributed by atoms with Gasteiger partial charge in [-0.25, -0.2) is 4.98 Å². The Labute approximate surface area is 88.6 Å². The first-order chi connectivity index (χ1) is 6.90. The van der Waals surface area contributed by atoms with Gasteiger partial charge in [0.15, 0.2) is 4.34 Å². The summed E-state index contributed by atoms with van der Waals surface area (Å²) in [5.74, 6) is 0. The zero-order chi connectivity index (χ0) is 9.80. The first-order valence-corrected chi connectivity index (χ1v) is 5.39. The summed E-state index contributed by atoms with van der Waals surface area (Å²) in [6.07, 6.45) is 3.22. The van der Waals surface area contributed by atoms with E-state index in [-0.39, 0.29) is 0 Å². The van der Waals surface area contributed by atoms with Gasteiger partial charge in [0.25, 0.3) is 0 Å². The monoisotopic (exact) mass is 220 g/mol. The summed E-state index contributed by atoms with van der Waals surface area (Å²) in [4.78, 5) is 4.09. The average molecular weight is 220 g/mol. The normalized spacial score (nSPS) is 9.64. The summed E-state index contributed by atoms with van der Waals surface area (Å²) in [6.45, 7) is 0. The van der Waals surface area contributed by atoms with Crippen molar-refractivity contribution >= 4 is 23.1 Å². The van der Waals surface area contributed by atoms with Gasteiger partial charge in [-0.15, -0.1) is 16.4 Å². The van der Waals surface area contributed by atoms with Gasteiger partial charge in [-0.2, -0.15) is 10.4 Å². The second-order valence-electron chi connectivity index (χ2n) is 2.26. The summed E-state index contributed by atoms with van der Waals surface area (Å²) in [7, 11) is 0. The fraction of sp³-hybridized carbons (Fsp3) is 0. The van der Waals surface area contributed by atoms with Crippen LogP contribution < -0.4 is 0 Å². The summed E-state index contributed by atoms with van der Waals surface area (Å²) in [5.41, 5.74) is 0.528. The quantitative estimate of drug-likeness (QED) is 0.774. The van der Waals surface area contributed by atoms with Gasteiger partial charge in [0, 0.05) is 11.6 Å². The Kier molecular flexibility index (Phi) is 2.72. The molecule has 2 aromatic rings. The number of hydrogen-bond acceptors (Lipinski definition) is 6. The molecule has 4 nitrogen and oxygen atoms in total. The second-order valence-corrected chi connectivity index (χ2v) is 4.39. The molecule has 68 valence electrons. The van der Waals surface area contributed by atoms with Crippen molar-refractivity contribution in [1.82, 2.24) is 15.2 Å². The highest BCUT2D eigenvalue weighted by molar-refractivity contribution is 8.01. The van der Waals surface area contributed by atoms with E-state index < -0.39 is 0 Å². The van der Waals surface area contributed by atoms with Gasteiger partial charge in [0.05, 0.1) is 11.8 Å². The summed E-state index contributed by atoms with van der Waals surface area (Å²) in [6, 6.07) is 3.70. The molecule has 0 aromatic carbocycles. The minimum absolute atomic E-state index is 0.528. The maximum atomic E-state index is 8.80. The van der Waals surface area contributed by atoms with Gasteiger partial charge < -0.3 is 0 Å². The van der Waals surface area contributed by atoms with Crippen LogP contribution in [-0.2, 0) is 0 Å². The van der Waals surface area contributed by atoms with Crippen LogP contribution in [0.1, 0.15) is 5.56 Å². The minimum Gasteiger partial charge on any atom is -0.238 e. The number of aromatic nitrogens is 3. The van der Waals surface area contributed by atoms with E-state index in [2.05, 4.69) is 21.3 Å². The zero-order valence-corrected chi connectivity index (χ0v) is 8.55. The highest BCUT2D eigenvalue weighted by atomic mass is 32.2. The molecule has 2 aromatic heterocycles. The summed E-state index contributed by atoms with van der Waals surface area (Å²) in [5, 5.41) is 18.9. The van der Waals surface area contributed by atoms with Crippen LogP contribution in [0.2, 0.25) is 0 Å². The van der Waals surface area contributed by atoms with Gasteiger partial charge in [0.1, 0.15) is 11.1 Å². The van der Waals surface area contributed by atoms with Gasteiger partial charge in [0.2, 0.25) is 0 Å². The predicted octanol–water partition coefficient (Wildman–Crippen LogP) is 1.96. The van der Waals surface area contributed by atoms with Crippen molar-refractivity contribution in [2.24, 2.45) is 0 Å². The Balaban J connectivity index is 2.30. The lowest BCUT2D eigenvalue weighted by Crippen LogP contribution is -1.88. The summed E-state index contributed by atoms with van der Waals surface area (Å²) >= 11 is 2.87. The number of nitrogens with zero attached hydrogens (tertiary/aromatic N) is 4. The Morgan fingerprint density at radius 3 is 3.07 bits per heavy atom.